The molecule has 8 heterocycles. The van der Waals surface area contributed by atoms with Crippen LogP contribution in [0, 0.1) is 18.2 Å². The molecule has 1 aromatic carbocycles. The average molecular weight is 622 g/mol. The molecule has 0 aliphatic carbocycles. The van der Waals surface area contributed by atoms with Gasteiger partial charge in [0.1, 0.15) is 41.3 Å². The number of rotatable bonds is 4. The van der Waals surface area contributed by atoms with E-state index < -0.39 is 17.5 Å². The maximum atomic E-state index is 17.1. The van der Waals surface area contributed by atoms with Crippen LogP contribution in [0.15, 0.2) is 42.7 Å². The van der Waals surface area contributed by atoms with Crippen molar-refractivity contribution in [3.8, 4) is 35.5 Å². The van der Waals surface area contributed by atoms with Crippen molar-refractivity contribution >= 4 is 27.5 Å². The summed E-state index contributed by atoms with van der Waals surface area (Å²) in [6, 6.07) is 5.99. The molecule has 4 aromatic rings. The van der Waals surface area contributed by atoms with Crippen LogP contribution in [-0.4, -0.2) is 87.0 Å². The Bertz CT molecular complexity index is 1990. The fraction of sp³-hybridized carbons (Fsp3) is 0.429. The third-order valence-electron chi connectivity index (χ3n) is 10.6. The number of terminal acetylenes is 1. The number of nitrogens with zero attached hydrogens (tertiary/aromatic N) is 6. The fourth-order valence-corrected chi connectivity index (χ4v) is 8.71. The predicted molar refractivity (Wildman–Crippen MR) is 170 cm³/mol. The average Bonchev–Trinajstić information content (AvgIpc) is 3.64. The van der Waals surface area contributed by atoms with Crippen LogP contribution in [0.1, 0.15) is 38.2 Å². The molecule has 46 heavy (non-hydrogen) atoms. The summed E-state index contributed by atoms with van der Waals surface area (Å²) in [7, 11) is 0. The summed E-state index contributed by atoms with van der Waals surface area (Å²) < 4.78 is 44.6. The van der Waals surface area contributed by atoms with Gasteiger partial charge in [-0.3, -0.25) is 9.88 Å². The number of alkyl halides is 1. The molecule has 3 aromatic heterocycles. The number of piperazine rings is 1. The van der Waals surface area contributed by atoms with Crippen molar-refractivity contribution in [2.45, 2.75) is 68.5 Å². The van der Waals surface area contributed by atoms with Gasteiger partial charge in [0.15, 0.2) is 5.82 Å². The quantitative estimate of drug-likeness (QED) is 0.260. The van der Waals surface area contributed by atoms with Crippen molar-refractivity contribution < 1.29 is 18.3 Å². The van der Waals surface area contributed by atoms with E-state index in [-0.39, 0.29) is 53.9 Å². The zero-order chi connectivity index (χ0) is 31.3. The molecule has 0 radical (unpaired) electrons. The first kappa shape index (κ1) is 27.9. The Balaban J connectivity index is 1.24. The van der Waals surface area contributed by atoms with E-state index in [9.17, 15) is 4.39 Å². The van der Waals surface area contributed by atoms with Crippen molar-refractivity contribution in [3.63, 3.8) is 0 Å². The Kier molecular flexibility index (Phi) is 6.09. The van der Waals surface area contributed by atoms with Gasteiger partial charge in [-0.2, -0.15) is 9.97 Å². The summed E-state index contributed by atoms with van der Waals surface area (Å²) in [6.07, 6.45) is 11.0. The molecule has 0 amide bonds. The molecule has 1 unspecified atom stereocenters. The standard InChI is InChI=1S/C35H33F2N7O2/c1-4-20-6-5-7-21-12-38-13-24(26(20)21)29-28(37)30-27-32(44-16-23-8-9-25(39-23)31(44)19(3)46-33(27)40-29)42-34(41-30)45-17-35-10-18(2)14-43(35)15-22(36)11-35/h1,5-7,12-13,19,22-23,25,31,39H,2,8-11,14-17H2,3H3/t19-,22+,23+,25-,31+,35?/m0/s1. The first-order chi connectivity index (χ1) is 22.3. The number of aromatic nitrogens is 4. The van der Waals surface area contributed by atoms with E-state index in [4.69, 9.17) is 25.9 Å². The molecule has 4 fully saturated rings. The number of hydrogen-bond donors (Lipinski definition) is 1. The van der Waals surface area contributed by atoms with Gasteiger partial charge in [-0.05, 0) is 32.3 Å². The molecule has 9 rings (SSSR count). The van der Waals surface area contributed by atoms with E-state index in [1.165, 1.54) is 0 Å². The lowest BCUT2D eigenvalue weighted by atomic mass is 9.93. The number of benzene rings is 1. The van der Waals surface area contributed by atoms with Crippen LogP contribution in [0.2, 0.25) is 0 Å². The lowest BCUT2D eigenvalue weighted by Crippen LogP contribution is -2.62. The predicted octanol–water partition coefficient (Wildman–Crippen LogP) is 4.57. The van der Waals surface area contributed by atoms with Gasteiger partial charge in [-0.25, -0.2) is 13.8 Å². The first-order valence-corrected chi connectivity index (χ1v) is 15.9. The zero-order valence-electron chi connectivity index (χ0n) is 25.5. The third kappa shape index (κ3) is 4.06. The molecule has 0 saturated carbocycles. The number of pyridine rings is 2. The number of halogens is 2. The van der Waals surface area contributed by atoms with E-state index in [1.807, 2.05) is 25.1 Å². The van der Waals surface area contributed by atoms with Crippen LogP contribution >= 0.6 is 0 Å². The summed E-state index contributed by atoms with van der Waals surface area (Å²) in [5.74, 6) is 2.88. The van der Waals surface area contributed by atoms with Crippen LogP contribution in [0.25, 0.3) is 32.9 Å². The summed E-state index contributed by atoms with van der Waals surface area (Å²) >= 11 is 0. The molecule has 4 saturated heterocycles. The Morgan fingerprint density at radius 2 is 2.09 bits per heavy atom. The minimum Gasteiger partial charge on any atom is -0.472 e. The molecule has 1 N–H and O–H groups in total. The van der Waals surface area contributed by atoms with E-state index >= 15 is 4.39 Å². The molecule has 5 aliphatic rings. The maximum absolute atomic E-state index is 17.1. The molecule has 234 valence electrons. The van der Waals surface area contributed by atoms with Crippen LogP contribution in [0.4, 0.5) is 14.6 Å². The second kappa shape index (κ2) is 10.0. The molecular weight excluding hydrogens is 588 g/mol. The lowest BCUT2D eigenvalue weighted by molar-refractivity contribution is 0.107. The molecule has 9 nitrogen and oxygen atoms in total. The third-order valence-corrected chi connectivity index (χ3v) is 10.6. The van der Waals surface area contributed by atoms with E-state index in [2.05, 4.69) is 37.6 Å². The molecule has 11 heteroatoms. The Labute approximate surface area is 265 Å². The number of nitrogens with one attached hydrogen (secondary N) is 1. The van der Waals surface area contributed by atoms with Crippen molar-refractivity contribution in [3.05, 3.63) is 54.1 Å². The number of ether oxygens (including phenoxy) is 2. The highest BCUT2D eigenvalue weighted by Gasteiger charge is 2.51. The monoisotopic (exact) mass is 621 g/mol. The molecule has 5 aliphatic heterocycles. The van der Waals surface area contributed by atoms with Crippen molar-refractivity contribution in [2.75, 3.05) is 31.1 Å². The smallest absolute Gasteiger partial charge is 0.319 e. The van der Waals surface area contributed by atoms with E-state index in [1.54, 1.807) is 12.4 Å². The topological polar surface area (TPSA) is 88.5 Å². The SMILES string of the molecule is C#Cc1cccc2cncc(-c3nc4c5c(nc(OCC67CC(=C)CN6C[C@H](F)C7)nc5c3F)N3C[C@H]5CC[C@H](N5)[C@H]3[C@H](C)O4)c12. The van der Waals surface area contributed by atoms with E-state index in [0.29, 0.717) is 60.2 Å². The number of fused-ring (bicyclic) bond motifs is 7. The van der Waals surface area contributed by atoms with Crippen molar-refractivity contribution in [1.82, 2.24) is 30.2 Å². The minimum absolute atomic E-state index is 0.0400. The summed E-state index contributed by atoms with van der Waals surface area (Å²) in [5.41, 5.74) is 1.67. The van der Waals surface area contributed by atoms with Gasteiger partial charge < -0.3 is 19.7 Å². The van der Waals surface area contributed by atoms with Gasteiger partial charge in [0, 0.05) is 72.4 Å². The molecular formula is C35H33F2N7O2. The highest BCUT2D eigenvalue weighted by Crippen LogP contribution is 2.46. The van der Waals surface area contributed by atoms with Crippen LogP contribution in [-0.2, 0) is 0 Å². The number of hydrogen-bond acceptors (Lipinski definition) is 9. The Hall–Kier alpha value is -4.40. The van der Waals surface area contributed by atoms with E-state index in [0.717, 1.165) is 23.8 Å². The Morgan fingerprint density at radius 3 is 2.96 bits per heavy atom. The highest BCUT2D eigenvalue weighted by molar-refractivity contribution is 6.03. The second-order valence-corrected chi connectivity index (χ2v) is 13.5. The lowest BCUT2D eigenvalue weighted by Gasteiger charge is -2.42. The fourth-order valence-electron chi connectivity index (χ4n) is 8.71. The van der Waals surface area contributed by atoms with Crippen LogP contribution in [0.5, 0.6) is 11.9 Å². The number of anilines is 1. The van der Waals surface area contributed by atoms with Crippen molar-refractivity contribution in [1.29, 1.82) is 0 Å². The van der Waals surface area contributed by atoms with Crippen LogP contribution < -0.4 is 19.7 Å². The largest absolute Gasteiger partial charge is 0.472 e. The normalized spacial score (nSPS) is 29.8. The highest BCUT2D eigenvalue weighted by atomic mass is 19.1. The van der Waals surface area contributed by atoms with Gasteiger partial charge in [0.25, 0.3) is 0 Å². The molecule has 6 atom stereocenters. The molecule has 0 spiro atoms. The zero-order valence-corrected chi connectivity index (χ0v) is 25.5. The minimum atomic E-state index is -0.939. The molecule has 2 bridgehead atoms. The van der Waals surface area contributed by atoms with Gasteiger partial charge in [0.05, 0.1) is 11.6 Å². The summed E-state index contributed by atoms with van der Waals surface area (Å²) in [5, 5.41) is 5.58. The van der Waals surface area contributed by atoms with Crippen molar-refractivity contribution in [2.24, 2.45) is 0 Å². The van der Waals surface area contributed by atoms with Gasteiger partial charge in [-0.1, -0.05) is 30.2 Å². The first-order valence-electron chi connectivity index (χ1n) is 15.9. The summed E-state index contributed by atoms with van der Waals surface area (Å²) in [6.45, 7) is 8.03. The second-order valence-electron chi connectivity index (χ2n) is 13.5. The van der Waals surface area contributed by atoms with Gasteiger partial charge in [0.2, 0.25) is 5.88 Å². The van der Waals surface area contributed by atoms with Gasteiger partial charge >= 0.3 is 6.01 Å². The summed E-state index contributed by atoms with van der Waals surface area (Å²) in [4.78, 5) is 23.2. The Morgan fingerprint density at radius 1 is 1.20 bits per heavy atom. The van der Waals surface area contributed by atoms with Crippen LogP contribution in [0.3, 0.4) is 0 Å². The van der Waals surface area contributed by atoms with Gasteiger partial charge in [-0.15, -0.1) is 6.42 Å². The maximum Gasteiger partial charge on any atom is 0.319 e.